The maximum Gasteiger partial charge on any atom is 0.269 e. The summed E-state index contributed by atoms with van der Waals surface area (Å²) < 4.78 is 0. The van der Waals surface area contributed by atoms with E-state index in [1.165, 1.54) is 4.90 Å². The van der Waals surface area contributed by atoms with E-state index in [-0.39, 0.29) is 23.9 Å². The van der Waals surface area contributed by atoms with Crippen molar-refractivity contribution in [1.29, 1.82) is 0 Å². The van der Waals surface area contributed by atoms with E-state index in [9.17, 15) is 14.4 Å². The van der Waals surface area contributed by atoms with Gasteiger partial charge < -0.3 is 4.90 Å². The number of carbonyl (C=O) groups is 3. The molecule has 2 N–H and O–H groups in total. The van der Waals surface area contributed by atoms with Gasteiger partial charge in [0.2, 0.25) is 11.8 Å². The summed E-state index contributed by atoms with van der Waals surface area (Å²) in [7, 11) is 0. The highest BCUT2D eigenvalue weighted by Crippen LogP contribution is 2.35. The smallest absolute Gasteiger partial charge is 0.269 e. The maximum atomic E-state index is 12.3. The van der Waals surface area contributed by atoms with Gasteiger partial charge in [-0.3, -0.25) is 25.2 Å². The molecule has 0 spiro atoms. The molecule has 0 aliphatic carbocycles. The number of hydrogen-bond donors (Lipinski definition) is 2. The van der Waals surface area contributed by atoms with Gasteiger partial charge in [-0.1, -0.05) is 47.5 Å². The van der Waals surface area contributed by atoms with Gasteiger partial charge in [0.05, 0.1) is 21.7 Å². The lowest BCUT2D eigenvalue weighted by atomic mass is 10.1. The first-order valence-electron chi connectivity index (χ1n) is 7.87. The molecule has 3 rings (SSSR count). The SMILES string of the molecule is O=C(NNC(=O)[C@@H]1CC(=O)N(c2cccc(Cl)c2Cl)C1)c1ccccc1. The predicted molar refractivity (Wildman–Crippen MR) is 99.0 cm³/mol. The van der Waals surface area contributed by atoms with Crippen LogP contribution in [0.4, 0.5) is 5.69 Å². The van der Waals surface area contributed by atoms with Crippen molar-refractivity contribution in [3.63, 3.8) is 0 Å². The first-order valence-corrected chi connectivity index (χ1v) is 8.62. The lowest BCUT2D eigenvalue weighted by Crippen LogP contribution is -2.45. The van der Waals surface area contributed by atoms with Crippen molar-refractivity contribution in [2.24, 2.45) is 5.92 Å². The Labute approximate surface area is 160 Å². The van der Waals surface area contributed by atoms with E-state index in [0.717, 1.165) is 0 Å². The zero-order valence-corrected chi connectivity index (χ0v) is 15.1. The summed E-state index contributed by atoms with van der Waals surface area (Å²) in [5, 5.41) is 0.598. The van der Waals surface area contributed by atoms with E-state index >= 15 is 0 Å². The van der Waals surface area contributed by atoms with Gasteiger partial charge in [0, 0.05) is 18.5 Å². The molecule has 0 saturated carbocycles. The van der Waals surface area contributed by atoms with Gasteiger partial charge >= 0.3 is 0 Å². The molecule has 1 aliphatic rings. The van der Waals surface area contributed by atoms with E-state index in [1.807, 2.05) is 0 Å². The summed E-state index contributed by atoms with van der Waals surface area (Å²) in [6, 6.07) is 13.5. The third kappa shape index (κ3) is 3.81. The molecule has 0 unspecified atom stereocenters. The second-order valence-electron chi connectivity index (χ2n) is 5.79. The van der Waals surface area contributed by atoms with Crippen molar-refractivity contribution in [3.8, 4) is 0 Å². The van der Waals surface area contributed by atoms with Crippen LogP contribution in [0.15, 0.2) is 48.5 Å². The lowest BCUT2D eigenvalue weighted by Gasteiger charge is -2.18. The van der Waals surface area contributed by atoms with Crippen molar-refractivity contribution in [1.82, 2.24) is 10.9 Å². The third-order valence-electron chi connectivity index (χ3n) is 4.05. The zero-order chi connectivity index (χ0) is 18.7. The molecule has 2 aromatic rings. The Hall–Kier alpha value is -2.57. The molecule has 0 radical (unpaired) electrons. The van der Waals surface area contributed by atoms with Crippen LogP contribution < -0.4 is 15.8 Å². The van der Waals surface area contributed by atoms with Gasteiger partial charge in [0.15, 0.2) is 0 Å². The minimum Gasteiger partial charge on any atom is -0.310 e. The molecular weight excluding hydrogens is 377 g/mol. The Morgan fingerprint density at radius 2 is 1.73 bits per heavy atom. The van der Waals surface area contributed by atoms with Crippen molar-refractivity contribution in [2.45, 2.75) is 6.42 Å². The predicted octanol–water partition coefficient (Wildman–Crippen LogP) is 2.81. The van der Waals surface area contributed by atoms with E-state index in [0.29, 0.717) is 16.3 Å². The largest absolute Gasteiger partial charge is 0.310 e. The Kier molecular flexibility index (Phi) is 5.44. The standard InChI is InChI=1S/C18H15Cl2N3O3/c19-13-7-4-8-14(16(13)20)23-10-12(9-15(23)24)18(26)22-21-17(25)11-5-2-1-3-6-11/h1-8,12H,9-10H2,(H,21,25)(H,22,26)/t12-/m1/s1. The minimum atomic E-state index is -0.603. The van der Waals surface area contributed by atoms with Crippen LogP contribution in [0.3, 0.4) is 0 Å². The first-order chi connectivity index (χ1) is 12.5. The number of nitrogens with zero attached hydrogens (tertiary/aromatic N) is 1. The molecular formula is C18H15Cl2N3O3. The Balaban J connectivity index is 1.62. The van der Waals surface area contributed by atoms with E-state index < -0.39 is 17.7 Å². The second kappa shape index (κ2) is 7.76. The summed E-state index contributed by atoms with van der Waals surface area (Å²) in [6.45, 7) is 0.159. The van der Waals surface area contributed by atoms with Crippen LogP contribution in [0.25, 0.3) is 0 Å². The molecule has 8 heteroatoms. The average molecular weight is 392 g/mol. The van der Waals surface area contributed by atoms with Crippen molar-refractivity contribution in [2.75, 3.05) is 11.4 Å². The summed E-state index contributed by atoms with van der Waals surface area (Å²) in [4.78, 5) is 38.0. The molecule has 0 bridgehead atoms. The maximum absolute atomic E-state index is 12.3. The van der Waals surface area contributed by atoms with Gasteiger partial charge in [-0.05, 0) is 24.3 Å². The molecule has 134 valence electrons. The summed E-state index contributed by atoms with van der Waals surface area (Å²) in [6.07, 6.45) is 0.0237. The molecule has 1 atom stereocenters. The lowest BCUT2D eigenvalue weighted by molar-refractivity contribution is -0.126. The first kappa shape index (κ1) is 18.2. The number of amides is 3. The van der Waals surface area contributed by atoms with Crippen LogP contribution in [-0.4, -0.2) is 24.3 Å². The number of hydrogen-bond acceptors (Lipinski definition) is 3. The Morgan fingerprint density at radius 3 is 2.46 bits per heavy atom. The number of anilines is 1. The number of carbonyl (C=O) groups excluding carboxylic acids is 3. The monoisotopic (exact) mass is 391 g/mol. The molecule has 2 aromatic carbocycles. The highest BCUT2D eigenvalue weighted by Gasteiger charge is 2.36. The fourth-order valence-corrected chi connectivity index (χ4v) is 3.10. The number of benzene rings is 2. The van der Waals surface area contributed by atoms with Crippen LogP contribution in [0, 0.1) is 5.92 Å². The summed E-state index contributed by atoms with van der Waals surface area (Å²) in [5.74, 6) is -1.71. The molecule has 1 aliphatic heterocycles. The Morgan fingerprint density at radius 1 is 1.00 bits per heavy atom. The topological polar surface area (TPSA) is 78.5 Å². The van der Waals surface area contributed by atoms with E-state index in [4.69, 9.17) is 23.2 Å². The third-order valence-corrected chi connectivity index (χ3v) is 4.86. The van der Waals surface area contributed by atoms with Crippen molar-refractivity contribution < 1.29 is 14.4 Å². The van der Waals surface area contributed by atoms with Crippen molar-refractivity contribution >= 4 is 46.6 Å². The molecule has 1 saturated heterocycles. The highest BCUT2D eigenvalue weighted by molar-refractivity contribution is 6.44. The number of halogens is 2. The fraction of sp³-hybridized carbons (Fsp3) is 0.167. The zero-order valence-electron chi connectivity index (χ0n) is 13.5. The second-order valence-corrected chi connectivity index (χ2v) is 6.57. The van der Waals surface area contributed by atoms with Crippen molar-refractivity contribution in [3.05, 3.63) is 64.1 Å². The number of nitrogens with one attached hydrogen (secondary N) is 2. The molecule has 1 fully saturated rings. The summed E-state index contributed by atoms with van der Waals surface area (Å²) >= 11 is 12.1. The normalized spacial score (nSPS) is 16.5. The average Bonchev–Trinajstić information content (AvgIpc) is 3.04. The van der Waals surface area contributed by atoms with Gasteiger partial charge in [-0.25, -0.2) is 0 Å². The van der Waals surface area contributed by atoms with Crippen LogP contribution in [-0.2, 0) is 9.59 Å². The molecule has 1 heterocycles. The highest BCUT2D eigenvalue weighted by atomic mass is 35.5. The van der Waals surface area contributed by atoms with E-state index in [1.54, 1.807) is 48.5 Å². The van der Waals surface area contributed by atoms with Crippen LogP contribution in [0.2, 0.25) is 10.0 Å². The fourth-order valence-electron chi connectivity index (χ4n) is 2.70. The van der Waals surface area contributed by atoms with Gasteiger partial charge in [-0.15, -0.1) is 0 Å². The van der Waals surface area contributed by atoms with Gasteiger partial charge in [0.1, 0.15) is 0 Å². The molecule has 26 heavy (non-hydrogen) atoms. The van der Waals surface area contributed by atoms with Gasteiger partial charge in [-0.2, -0.15) is 0 Å². The number of rotatable bonds is 3. The summed E-state index contributed by atoms with van der Waals surface area (Å²) in [5.41, 5.74) is 5.60. The molecule has 0 aromatic heterocycles. The molecule has 3 amide bonds. The Bertz CT molecular complexity index is 858. The van der Waals surface area contributed by atoms with Crippen LogP contribution in [0.5, 0.6) is 0 Å². The molecule has 6 nitrogen and oxygen atoms in total. The van der Waals surface area contributed by atoms with Gasteiger partial charge in [0.25, 0.3) is 5.91 Å². The number of hydrazine groups is 1. The van der Waals surface area contributed by atoms with Crippen LogP contribution >= 0.6 is 23.2 Å². The van der Waals surface area contributed by atoms with Crippen LogP contribution in [0.1, 0.15) is 16.8 Å². The van der Waals surface area contributed by atoms with E-state index in [2.05, 4.69) is 10.9 Å². The minimum absolute atomic E-state index is 0.0237. The quantitative estimate of drug-likeness (QED) is 0.789.